The summed E-state index contributed by atoms with van der Waals surface area (Å²) in [6, 6.07) is 1.07. The van der Waals surface area contributed by atoms with Gasteiger partial charge in [-0.2, -0.15) is 11.8 Å². The molecule has 0 fully saturated rings. The van der Waals surface area contributed by atoms with Crippen molar-refractivity contribution in [2.75, 3.05) is 45.9 Å². The number of likely N-dealkylation sites (N-methyl/N-ethyl adjacent to an activating group) is 1. The lowest BCUT2D eigenvalue weighted by atomic mass is 10.2. The second-order valence-corrected chi connectivity index (χ2v) is 5.19. The SMILES string of the molecule is CCCNCC(COC)N(C)C(C)CSC. The predicted molar refractivity (Wildman–Crippen MR) is 74.4 cm³/mol. The number of methoxy groups -OCH3 is 1. The molecule has 0 heterocycles. The van der Waals surface area contributed by atoms with E-state index in [9.17, 15) is 0 Å². The third kappa shape index (κ3) is 6.74. The maximum atomic E-state index is 5.30. The number of nitrogens with zero attached hydrogens (tertiary/aromatic N) is 1. The van der Waals surface area contributed by atoms with E-state index in [4.69, 9.17) is 4.74 Å². The lowest BCUT2D eigenvalue weighted by Crippen LogP contribution is -2.48. The monoisotopic (exact) mass is 248 g/mol. The Hall–Kier alpha value is 0.230. The molecule has 0 saturated heterocycles. The number of thioether (sulfide) groups is 1. The van der Waals surface area contributed by atoms with Gasteiger partial charge in [-0.1, -0.05) is 6.92 Å². The molecule has 0 bridgehead atoms. The number of ether oxygens (including phenoxy) is 1. The molecule has 0 amide bonds. The van der Waals surface area contributed by atoms with Gasteiger partial charge in [-0.15, -0.1) is 0 Å². The fourth-order valence-electron chi connectivity index (χ4n) is 1.68. The summed E-state index contributed by atoms with van der Waals surface area (Å²) in [4.78, 5) is 2.42. The summed E-state index contributed by atoms with van der Waals surface area (Å²) >= 11 is 1.90. The zero-order chi connectivity index (χ0) is 12.4. The van der Waals surface area contributed by atoms with Crippen molar-refractivity contribution in [1.29, 1.82) is 0 Å². The Morgan fingerprint density at radius 3 is 2.62 bits per heavy atom. The second kappa shape index (κ2) is 10.4. The van der Waals surface area contributed by atoms with Gasteiger partial charge in [0.05, 0.1) is 6.61 Å². The highest BCUT2D eigenvalue weighted by Crippen LogP contribution is 2.07. The molecule has 1 N–H and O–H groups in total. The average Bonchev–Trinajstić information content (AvgIpc) is 2.27. The first kappa shape index (κ1) is 16.2. The molecule has 2 unspecified atom stereocenters. The van der Waals surface area contributed by atoms with Crippen LogP contribution in [0.2, 0.25) is 0 Å². The maximum absolute atomic E-state index is 5.30. The smallest absolute Gasteiger partial charge is 0.0630 e. The summed E-state index contributed by atoms with van der Waals surface area (Å²) in [6.45, 7) is 7.37. The summed E-state index contributed by atoms with van der Waals surface area (Å²) in [7, 11) is 3.97. The number of nitrogens with one attached hydrogen (secondary N) is 1. The molecule has 0 rings (SSSR count). The van der Waals surface area contributed by atoms with Gasteiger partial charge in [0.25, 0.3) is 0 Å². The maximum Gasteiger partial charge on any atom is 0.0630 e. The highest BCUT2D eigenvalue weighted by Gasteiger charge is 2.18. The highest BCUT2D eigenvalue weighted by molar-refractivity contribution is 7.98. The zero-order valence-electron chi connectivity index (χ0n) is 11.5. The fourth-order valence-corrected chi connectivity index (χ4v) is 2.39. The molecular formula is C12H28N2OS. The van der Waals surface area contributed by atoms with Crippen LogP contribution >= 0.6 is 11.8 Å². The van der Waals surface area contributed by atoms with Gasteiger partial charge in [-0.05, 0) is 33.2 Å². The first-order chi connectivity index (χ1) is 7.67. The van der Waals surface area contributed by atoms with Crippen molar-refractivity contribution in [3.63, 3.8) is 0 Å². The zero-order valence-corrected chi connectivity index (χ0v) is 12.3. The summed E-state index contributed by atoms with van der Waals surface area (Å²) < 4.78 is 5.30. The van der Waals surface area contributed by atoms with E-state index in [1.807, 2.05) is 11.8 Å². The second-order valence-electron chi connectivity index (χ2n) is 4.28. The van der Waals surface area contributed by atoms with Crippen molar-refractivity contribution in [2.24, 2.45) is 0 Å². The van der Waals surface area contributed by atoms with Crippen LogP contribution in [0.3, 0.4) is 0 Å². The van der Waals surface area contributed by atoms with E-state index in [-0.39, 0.29) is 0 Å². The molecule has 98 valence electrons. The lowest BCUT2D eigenvalue weighted by Gasteiger charge is -2.32. The molecule has 2 atom stereocenters. The van der Waals surface area contributed by atoms with Crippen molar-refractivity contribution in [2.45, 2.75) is 32.4 Å². The molecule has 0 aromatic heterocycles. The quantitative estimate of drug-likeness (QED) is 0.595. The van der Waals surface area contributed by atoms with E-state index in [1.54, 1.807) is 7.11 Å². The van der Waals surface area contributed by atoms with Gasteiger partial charge in [-0.25, -0.2) is 0 Å². The minimum atomic E-state index is 0.471. The van der Waals surface area contributed by atoms with Gasteiger partial charge in [0.15, 0.2) is 0 Å². The average molecular weight is 248 g/mol. The van der Waals surface area contributed by atoms with Crippen LogP contribution in [-0.4, -0.2) is 62.8 Å². The van der Waals surface area contributed by atoms with Crippen LogP contribution in [-0.2, 0) is 4.74 Å². The van der Waals surface area contributed by atoms with Crippen molar-refractivity contribution >= 4 is 11.8 Å². The molecule has 3 nitrogen and oxygen atoms in total. The Balaban J connectivity index is 4.05. The van der Waals surface area contributed by atoms with Crippen LogP contribution in [0.25, 0.3) is 0 Å². The van der Waals surface area contributed by atoms with E-state index >= 15 is 0 Å². The summed E-state index contributed by atoms with van der Waals surface area (Å²) in [6.07, 6.45) is 3.34. The predicted octanol–water partition coefficient (Wildman–Crippen LogP) is 1.68. The van der Waals surface area contributed by atoms with E-state index in [1.165, 1.54) is 12.2 Å². The largest absolute Gasteiger partial charge is 0.383 e. The fraction of sp³-hybridized carbons (Fsp3) is 1.00. The van der Waals surface area contributed by atoms with Gasteiger partial charge in [0.2, 0.25) is 0 Å². The molecule has 0 spiro atoms. The van der Waals surface area contributed by atoms with Crippen LogP contribution < -0.4 is 5.32 Å². The minimum Gasteiger partial charge on any atom is -0.383 e. The number of hydrogen-bond donors (Lipinski definition) is 1. The molecule has 0 radical (unpaired) electrons. The Kier molecular flexibility index (Phi) is 10.5. The van der Waals surface area contributed by atoms with Crippen molar-refractivity contribution in [3.8, 4) is 0 Å². The van der Waals surface area contributed by atoms with Gasteiger partial charge in [0, 0.05) is 31.5 Å². The third-order valence-corrected chi connectivity index (χ3v) is 3.66. The Morgan fingerprint density at radius 1 is 1.44 bits per heavy atom. The normalized spacial score (nSPS) is 15.4. The first-order valence-electron chi connectivity index (χ1n) is 6.07. The molecule has 0 saturated carbocycles. The van der Waals surface area contributed by atoms with Crippen molar-refractivity contribution in [1.82, 2.24) is 10.2 Å². The molecule has 0 aromatic rings. The van der Waals surface area contributed by atoms with Crippen LogP contribution in [0.1, 0.15) is 20.3 Å². The Morgan fingerprint density at radius 2 is 2.12 bits per heavy atom. The highest BCUT2D eigenvalue weighted by atomic mass is 32.2. The topological polar surface area (TPSA) is 24.5 Å². The van der Waals surface area contributed by atoms with E-state index in [0.29, 0.717) is 12.1 Å². The van der Waals surface area contributed by atoms with Crippen LogP contribution in [0.4, 0.5) is 0 Å². The van der Waals surface area contributed by atoms with Gasteiger partial charge in [-0.3, -0.25) is 4.90 Å². The van der Waals surface area contributed by atoms with Crippen LogP contribution in [0, 0.1) is 0 Å². The van der Waals surface area contributed by atoms with E-state index in [0.717, 1.165) is 19.7 Å². The molecule has 0 aliphatic heterocycles. The van der Waals surface area contributed by atoms with Gasteiger partial charge >= 0.3 is 0 Å². The number of hydrogen-bond acceptors (Lipinski definition) is 4. The third-order valence-electron chi connectivity index (χ3n) is 2.84. The molecule has 0 aliphatic rings. The van der Waals surface area contributed by atoms with Crippen molar-refractivity contribution in [3.05, 3.63) is 0 Å². The molecular weight excluding hydrogens is 220 g/mol. The van der Waals surface area contributed by atoms with Crippen LogP contribution in [0.15, 0.2) is 0 Å². The van der Waals surface area contributed by atoms with Gasteiger partial charge in [0.1, 0.15) is 0 Å². The van der Waals surface area contributed by atoms with E-state index < -0.39 is 0 Å². The van der Waals surface area contributed by atoms with Gasteiger partial charge < -0.3 is 10.1 Å². The van der Waals surface area contributed by atoms with Crippen molar-refractivity contribution < 1.29 is 4.74 Å². The van der Waals surface area contributed by atoms with E-state index in [2.05, 4.69) is 37.4 Å². The standard InChI is InChI=1S/C12H28N2OS/c1-6-7-13-8-12(9-15-4)14(3)11(2)10-16-5/h11-13H,6-10H2,1-5H3. The molecule has 16 heavy (non-hydrogen) atoms. The summed E-state index contributed by atoms with van der Waals surface area (Å²) in [5, 5.41) is 3.47. The first-order valence-corrected chi connectivity index (χ1v) is 7.47. The number of rotatable bonds is 10. The summed E-state index contributed by atoms with van der Waals surface area (Å²) in [5.74, 6) is 1.17. The summed E-state index contributed by atoms with van der Waals surface area (Å²) in [5.41, 5.74) is 0. The van der Waals surface area contributed by atoms with Crippen LogP contribution in [0.5, 0.6) is 0 Å². The molecule has 0 aliphatic carbocycles. The lowest BCUT2D eigenvalue weighted by molar-refractivity contribution is 0.0895. The molecule has 4 heteroatoms. The Bertz CT molecular complexity index is 158. The Labute approximate surface area is 105 Å². The minimum absolute atomic E-state index is 0.471. The molecule has 0 aromatic carbocycles.